The quantitative estimate of drug-likeness (QED) is 0.886. The van der Waals surface area contributed by atoms with Gasteiger partial charge in [-0.15, -0.1) is 0 Å². The summed E-state index contributed by atoms with van der Waals surface area (Å²) in [6.45, 7) is 2.61. The fourth-order valence-corrected chi connectivity index (χ4v) is 4.56. The van der Waals surface area contributed by atoms with Crippen LogP contribution in [0.15, 0.2) is 24.3 Å². The Hall–Kier alpha value is -1.79. The van der Waals surface area contributed by atoms with Crippen LogP contribution in [0.3, 0.4) is 0 Å². The molecule has 1 aromatic rings. The highest BCUT2D eigenvalue weighted by Gasteiger charge is 2.56. The zero-order chi connectivity index (χ0) is 17.6. The molecule has 6 nitrogen and oxygen atoms in total. The average Bonchev–Trinajstić information content (AvgIpc) is 3.22. The molecule has 1 aromatic carbocycles. The zero-order valence-electron chi connectivity index (χ0n) is 13.8. The first-order valence-corrected chi connectivity index (χ1v) is 9.10. The smallest absolute Gasteiger partial charge is 0.310 e. The highest BCUT2D eigenvalue weighted by atomic mass is 35.5. The van der Waals surface area contributed by atoms with E-state index in [1.54, 1.807) is 4.90 Å². The highest BCUT2D eigenvalue weighted by molar-refractivity contribution is 6.30. The van der Waals surface area contributed by atoms with Gasteiger partial charge in [0, 0.05) is 36.9 Å². The maximum absolute atomic E-state index is 12.9. The van der Waals surface area contributed by atoms with E-state index in [0.29, 0.717) is 31.2 Å². The van der Waals surface area contributed by atoms with Gasteiger partial charge in [0.15, 0.2) is 0 Å². The minimum atomic E-state index is -0.914. The third-order valence-electron chi connectivity index (χ3n) is 5.61. The van der Waals surface area contributed by atoms with Gasteiger partial charge in [-0.1, -0.05) is 17.7 Å². The standard InChI is InChI=1S/C18H21ClN2O4/c19-11-2-1-3-12(10-11)20-6-8-21(9-7-20)17(22)15-13-4-5-14(25-13)16(15)18(23)24/h1-3,10,13-16H,4-9H2,(H,23,24)/t13-,14+,15+,16-/m0/s1. The van der Waals surface area contributed by atoms with Gasteiger partial charge in [0.05, 0.1) is 24.0 Å². The molecule has 0 aliphatic carbocycles. The first-order valence-electron chi connectivity index (χ1n) is 8.72. The van der Waals surface area contributed by atoms with Crippen molar-refractivity contribution in [3.63, 3.8) is 0 Å². The molecule has 0 spiro atoms. The summed E-state index contributed by atoms with van der Waals surface area (Å²) in [5.41, 5.74) is 1.05. The molecular formula is C18H21ClN2O4. The lowest BCUT2D eigenvalue weighted by Gasteiger charge is -2.38. The SMILES string of the molecule is O=C(O)[C@@H]1[C@H](C(=O)N2CCN(c3cccc(Cl)c3)CC2)[C@@H]2CC[C@H]1O2. The Balaban J connectivity index is 1.42. The molecule has 3 fully saturated rings. The third kappa shape index (κ3) is 2.98. The van der Waals surface area contributed by atoms with Crippen molar-refractivity contribution in [1.82, 2.24) is 4.90 Å². The molecule has 1 amide bonds. The second kappa shape index (κ2) is 6.50. The Kier molecular flexibility index (Phi) is 4.33. The van der Waals surface area contributed by atoms with Gasteiger partial charge in [-0.3, -0.25) is 9.59 Å². The van der Waals surface area contributed by atoms with Crippen molar-refractivity contribution in [2.75, 3.05) is 31.1 Å². The summed E-state index contributed by atoms with van der Waals surface area (Å²) in [6.07, 6.45) is 0.996. The lowest BCUT2D eigenvalue weighted by molar-refractivity contribution is -0.151. The number of aliphatic carboxylic acids is 1. The number of ether oxygens (including phenoxy) is 1. The number of carbonyl (C=O) groups is 2. The summed E-state index contributed by atoms with van der Waals surface area (Å²) in [4.78, 5) is 28.5. The minimum Gasteiger partial charge on any atom is -0.481 e. The largest absolute Gasteiger partial charge is 0.481 e. The number of carbonyl (C=O) groups excluding carboxylic acids is 1. The van der Waals surface area contributed by atoms with Crippen molar-refractivity contribution >= 4 is 29.2 Å². The van der Waals surface area contributed by atoms with Crippen LogP contribution in [0.1, 0.15) is 12.8 Å². The van der Waals surface area contributed by atoms with Gasteiger partial charge in [-0.05, 0) is 31.0 Å². The fourth-order valence-electron chi connectivity index (χ4n) is 4.37. The number of hydrogen-bond acceptors (Lipinski definition) is 4. The zero-order valence-corrected chi connectivity index (χ0v) is 14.6. The highest BCUT2D eigenvalue weighted by Crippen LogP contribution is 2.44. The summed E-state index contributed by atoms with van der Waals surface area (Å²) in [6, 6.07) is 7.68. The molecule has 3 aliphatic rings. The Labute approximate surface area is 151 Å². The Bertz CT molecular complexity index is 689. The van der Waals surface area contributed by atoms with Crippen molar-refractivity contribution in [1.29, 1.82) is 0 Å². The summed E-state index contributed by atoms with van der Waals surface area (Å²) in [5, 5.41) is 10.2. The molecule has 3 heterocycles. The molecule has 0 radical (unpaired) electrons. The monoisotopic (exact) mass is 364 g/mol. The molecule has 0 saturated carbocycles. The van der Waals surface area contributed by atoms with Crippen molar-refractivity contribution in [2.24, 2.45) is 11.8 Å². The van der Waals surface area contributed by atoms with Gasteiger partial charge in [-0.2, -0.15) is 0 Å². The number of amides is 1. The van der Waals surface area contributed by atoms with Gasteiger partial charge in [0.2, 0.25) is 5.91 Å². The topological polar surface area (TPSA) is 70.1 Å². The van der Waals surface area contributed by atoms with Gasteiger partial charge < -0.3 is 19.6 Å². The van der Waals surface area contributed by atoms with Crippen LogP contribution in [0, 0.1) is 11.8 Å². The second-order valence-corrected chi connectivity index (χ2v) is 7.41. The van der Waals surface area contributed by atoms with Gasteiger partial charge in [0.25, 0.3) is 0 Å². The van der Waals surface area contributed by atoms with E-state index in [2.05, 4.69) is 4.90 Å². The molecule has 7 heteroatoms. The maximum atomic E-state index is 12.9. The van der Waals surface area contributed by atoms with E-state index in [9.17, 15) is 14.7 Å². The van der Waals surface area contributed by atoms with E-state index in [-0.39, 0.29) is 18.1 Å². The van der Waals surface area contributed by atoms with Gasteiger partial charge in [0.1, 0.15) is 0 Å². The Morgan fingerprint density at radius 2 is 1.76 bits per heavy atom. The second-order valence-electron chi connectivity index (χ2n) is 6.97. The van der Waals surface area contributed by atoms with Crippen LogP contribution in [-0.4, -0.2) is 60.3 Å². The van der Waals surface area contributed by atoms with Crippen LogP contribution in [0.25, 0.3) is 0 Å². The van der Waals surface area contributed by atoms with Crippen LogP contribution in [0.5, 0.6) is 0 Å². The summed E-state index contributed by atoms with van der Waals surface area (Å²) < 4.78 is 5.72. The van der Waals surface area contributed by atoms with Crippen LogP contribution < -0.4 is 4.90 Å². The van der Waals surface area contributed by atoms with Crippen LogP contribution >= 0.6 is 11.6 Å². The number of halogens is 1. The lowest BCUT2D eigenvalue weighted by atomic mass is 9.78. The Morgan fingerprint density at radius 3 is 2.40 bits per heavy atom. The van der Waals surface area contributed by atoms with E-state index < -0.39 is 17.8 Å². The van der Waals surface area contributed by atoms with Crippen molar-refractivity contribution < 1.29 is 19.4 Å². The number of carboxylic acids is 1. The summed E-state index contributed by atoms with van der Waals surface area (Å²) in [5.74, 6) is -2.21. The van der Waals surface area contributed by atoms with Gasteiger partial charge in [-0.25, -0.2) is 0 Å². The summed E-state index contributed by atoms with van der Waals surface area (Å²) >= 11 is 6.05. The number of nitrogens with zero attached hydrogens (tertiary/aromatic N) is 2. The van der Waals surface area contributed by atoms with E-state index in [0.717, 1.165) is 18.5 Å². The molecule has 2 bridgehead atoms. The first-order chi connectivity index (χ1) is 12.0. The number of anilines is 1. The van der Waals surface area contributed by atoms with E-state index in [1.807, 2.05) is 24.3 Å². The van der Waals surface area contributed by atoms with Crippen LogP contribution in [-0.2, 0) is 14.3 Å². The van der Waals surface area contributed by atoms with Crippen molar-refractivity contribution in [2.45, 2.75) is 25.0 Å². The van der Waals surface area contributed by atoms with Crippen molar-refractivity contribution in [3.8, 4) is 0 Å². The van der Waals surface area contributed by atoms with Crippen molar-refractivity contribution in [3.05, 3.63) is 29.3 Å². The number of carboxylic acid groups (broad SMARTS) is 1. The van der Waals surface area contributed by atoms with E-state index >= 15 is 0 Å². The van der Waals surface area contributed by atoms with E-state index in [1.165, 1.54) is 0 Å². The molecule has 3 saturated heterocycles. The number of hydrogen-bond donors (Lipinski definition) is 1. The third-order valence-corrected chi connectivity index (χ3v) is 5.84. The predicted molar refractivity (Wildman–Crippen MR) is 92.8 cm³/mol. The number of rotatable bonds is 3. The average molecular weight is 365 g/mol. The number of benzene rings is 1. The lowest BCUT2D eigenvalue weighted by Crippen LogP contribution is -2.53. The normalized spacial score (nSPS) is 31.4. The maximum Gasteiger partial charge on any atom is 0.310 e. The number of fused-ring (bicyclic) bond motifs is 2. The molecule has 0 unspecified atom stereocenters. The molecule has 4 rings (SSSR count). The molecular weight excluding hydrogens is 344 g/mol. The predicted octanol–water partition coefficient (Wildman–Crippen LogP) is 1.87. The molecule has 3 aliphatic heterocycles. The van der Waals surface area contributed by atoms with Crippen LogP contribution in [0.2, 0.25) is 5.02 Å². The number of piperazine rings is 1. The van der Waals surface area contributed by atoms with E-state index in [4.69, 9.17) is 16.3 Å². The molecule has 25 heavy (non-hydrogen) atoms. The molecule has 0 aromatic heterocycles. The molecule has 134 valence electrons. The minimum absolute atomic E-state index is 0.0645. The molecule has 4 atom stereocenters. The van der Waals surface area contributed by atoms with Crippen LogP contribution in [0.4, 0.5) is 5.69 Å². The summed E-state index contributed by atoms with van der Waals surface area (Å²) in [7, 11) is 0. The first kappa shape index (κ1) is 16.7. The molecule has 1 N–H and O–H groups in total. The Morgan fingerprint density at radius 1 is 1.08 bits per heavy atom. The fraction of sp³-hybridized carbons (Fsp3) is 0.556. The van der Waals surface area contributed by atoms with Gasteiger partial charge >= 0.3 is 5.97 Å².